The zero-order valence-electron chi connectivity index (χ0n) is 7.43. The Morgan fingerprint density at radius 3 is 2.50 bits per heavy atom. The third-order valence-corrected chi connectivity index (χ3v) is 1.84. The fraction of sp³-hybridized carbons (Fsp3) is 0.143. The van der Waals surface area contributed by atoms with Crippen molar-refractivity contribution >= 4 is 16.0 Å². The summed E-state index contributed by atoms with van der Waals surface area (Å²) in [6.07, 6.45) is 0. The standard InChI is InChI=1S/C7H10N2O4S/c1-12-5-2-3-6(8)7(4-5)13-14(9,10)11/h2-4H,8H2,1H3,(H2,9,10,11). The lowest BCUT2D eigenvalue weighted by Gasteiger charge is -2.07. The first kappa shape index (κ1) is 10.6. The van der Waals surface area contributed by atoms with Gasteiger partial charge in [0.05, 0.1) is 12.8 Å². The first-order valence-electron chi connectivity index (χ1n) is 3.58. The van der Waals surface area contributed by atoms with Crippen molar-refractivity contribution in [1.29, 1.82) is 0 Å². The molecule has 0 atom stereocenters. The lowest BCUT2D eigenvalue weighted by atomic mass is 10.3. The molecule has 0 radical (unpaired) electrons. The molecule has 1 aromatic rings. The van der Waals surface area contributed by atoms with Crippen molar-refractivity contribution in [1.82, 2.24) is 0 Å². The van der Waals surface area contributed by atoms with Crippen LogP contribution in [0.1, 0.15) is 0 Å². The molecule has 0 saturated heterocycles. The van der Waals surface area contributed by atoms with E-state index in [0.717, 1.165) is 0 Å². The second-order valence-corrected chi connectivity index (χ2v) is 3.63. The lowest BCUT2D eigenvalue weighted by molar-refractivity contribution is 0.412. The third kappa shape index (κ3) is 2.79. The zero-order chi connectivity index (χ0) is 10.8. The van der Waals surface area contributed by atoms with Crippen LogP contribution in [0.4, 0.5) is 5.69 Å². The van der Waals surface area contributed by atoms with Crippen molar-refractivity contribution in [3.63, 3.8) is 0 Å². The smallest absolute Gasteiger partial charge is 0.380 e. The molecule has 0 aliphatic heterocycles. The molecule has 0 unspecified atom stereocenters. The van der Waals surface area contributed by atoms with E-state index in [0.29, 0.717) is 5.75 Å². The van der Waals surface area contributed by atoms with Gasteiger partial charge in [0.15, 0.2) is 5.75 Å². The lowest BCUT2D eigenvalue weighted by Crippen LogP contribution is -2.19. The van der Waals surface area contributed by atoms with Gasteiger partial charge in [-0.2, -0.15) is 13.6 Å². The minimum atomic E-state index is -4.06. The number of ether oxygens (including phenoxy) is 1. The minimum absolute atomic E-state index is 0.0492. The van der Waals surface area contributed by atoms with E-state index in [1.807, 2.05) is 0 Å². The fourth-order valence-electron chi connectivity index (χ4n) is 0.839. The molecule has 0 fully saturated rings. The number of nitrogens with two attached hydrogens (primary N) is 2. The Kier molecular flexibility index (Phi) is 2.82. The Balaban J connectivity index is 3.07. The van der Waals surface area contributed by atoms with Gasteiger partial charge in [-0.15, -0.1) is 0 Å². The molecule has 0 saturated carbocycles. The molecule has 7 heteroatoms. The molecule has 0 bridgehead atoms. The van der Waals surface area contributed by atoms with E-state index in [1.54, 1.807) is 6.07 Å². The van der Waals surface area contributed by atoms with Crippen LogP contribution in [0.3, 0.4) is 0 Å². The summed E-state index contributed by atoms with van der Waals surface area (Å²) in [5.41, 5.74) is 5.62. The predicted molar refractivity (Wildman–Crippen MR) is 51.1 cm³/mol. The van der Waals surface area contributed by atoms with Crippen LogP contribution in [0.15, 0.2) is 18.2 Å². The van der Waals surface area contributed by atoms with E-state index in [2.05, 4.69) is 9.32 Å². The van der Waals surface area contributed by atoms with Crippen molar-refractivity contribution in [2.75, 3.05) is 12.8 Å². The van der Waals surface area contributed by atoms with E-state index in [1.165, 1.54) is 19.2 Å². The van der Waals surface area contributed by atoms with Gasteiger partial charge in [-0.05, 0) is 12.1 Å². The van der Waals surface area contributed by atoms with Crippen LogP contribution < -0.4 is 19.8 Å². The molecule has 0 spiro atoms. The summed E-state index contributed by atoms with van der Waals surface area (Å²) in [5, 5.41) is 4.68. The van der Waals surface area contributed by atoms with Crippen LogP contribution in [-0.4, -0.2) is 15.5 Å². The first-order chi connectivity index (χ1) is 6.42. The van der Waals surface area contributed by atoms with Crippen molar-refractivity contribution < 1.29 is 17.3 Å². The summed E-state index contributed by atoms with van der Waals surface area (Å²) >= 11 is 0. The molecular weight excluding hydrogens is 208 g/mol. The largest absolute Gasteiger partial charge is 0.497 e. The molecule has 0 aliphatic carbocycles. The fourth-order valence-corrected chi connectivity index (χ4v) is 1.23. The number of hydrogen-bond donors (Lipinski definition) is 2. The van der Waals surface area contributed by atoms with E-state index < -0.39 is 10.3 Å². The van der Waals surface area contributed by atoms with Crippen LogP contribution in [0.5, 0.6) is 11.5 Å². The van der Waals surface area contributed by atoms with Crippen molar-refractivity contribution in [2.45, 2.75) is 0 Å². The van der Waals surface area contributed by atoms with E-state index in [-0.39, 0.29) is 11.4 Å². The van der Waals surface area contributed by atoms with Crippen LogP contribution in [0.2, 0.25) is 0 Å². The van der Waals surface area contributed by atoms with Crippen molar-refractivity contribution in [3.05, 3.63) is 18.2 Å². The van der Waals surface area contributed by atoms with Crippen molar-refractivity contribution in [3.8, 4) is 11.5 Å². The first-order valence-corrected chi connectivity index (χ1v) is 5.05. The monoisotopic (exact) mass is 218 g/mol. The van der Waals surface area contributed by atoms with E-state index in [9.17, 15) is 8.42 Å². The summed E-state index contributed by atoms with van der Waals surface area (Å²) in [5.74, 6) is 0.379. The molecule has 14 heavy (non-hydrogen) atoms. The van der Waals surface area contributed by atoms with Gasteiger partial charge in [0.1, 0.15) is 5.75 Å². The second-order valence-electron chi connectivity index (χ2n) is 2.48. The summed E-state index contributed by atoms with van der Waals surface area (Å²) < 4.78 is 30.5. The molecule has 0 aromatic heterocycles. The zero-order valence-corrected chi connectivity index (χ0v) is 8.24. The number of nitrogen functional groups attached to an aromatic ring is 1. The summed E-state index contributed by atoms with van der Waals surface area (Å²) in [4.78, 5) is 0. The number of hydrogen-bond acceptors (Lipinski definition) is 5. The van der Waals surface area contributed by atoms with Gasteiger partial charge < -0.3 is 14.7 Å². The van der Waals surface area contributed by atoms with Gasteiger partial charge in [0.2, 0.25) is 0 Å². The second kappa shape index (κ2) is 3.72. The maximum atomic E-state index is 10.6. The van der Waals surface area contributed by atoms with Crippen LogP contribution >= 0.6 is 0 Å². The Hall–Kier alpha value is -1.47. The molecule has 78 valence electrons. The maximum absolute atomic E-state index is 10.6. The normalized spacial score (nSPS) is 11.0. The molecule has 4 N–H and O–H groups in total. The topological polar surface area (TPSA) is 105 Å². The maximum Gasteiger partial charge on any atom is 0.380 e. The highest BCUT2D eigenvalue weighted by atomic mass is 32.2. The van der Waals surface area contributed by atoms with E-state index in [4.69, 9.17) is 10.5 Å². The number of rotatable bonds is 3. The van der Waals surface area contributed by atoms with Crippen molar-refractivity contribution in [2.24, 2.45) is 5.14 Å². The quantitative estimate of drug-likeness (QED) is 0.687. The summed E-state index contributed by atoms with van der Waals surface area (Å²) in [6, 6.07) is 4.37. The van der Waals surface area contributed by atoms with E-state index >= 15 is 0 Å². The molecule has 1 aromatic carbocycles. The third-order valence-electron chi connectivity index (χ3n) is 1.43. The highest BCUT2D eigenvalue weighted by molar-refractivity contribution is 7.84. The predicted octanol–water partition coefficient (Wildman–Crippen LogP) is -0.140. The molecule has 0 heterocycles. The Bertz CT molecular complexity index is 429. The van der Waals surface area contributed by atoms with Gasteiger partial charge in [0.25, 0.3) is 0 Å². The number of benzene rings is 1. The molecule has 1 rings (SSSR count). The summed E-state index contributed by atoms with van der Waals surface area (Å²) in [7, 11) is -2.62. The van der Waals surface area contributed by atoms with Gasteiger partial charge in [-0.1, -0.05) is 0 Å². The van der Waals surface area contributed by atoms with Crippen LogP contribution in [-0.2, 0) is 10.3 Å². The average molecular weight is 218 g/mol. The average Bonchev–Trinajstić information content (AvgIpc) is 2.06. The Morgan fingerprint density at radius 1 is 1.36 bits per heavy atom. The number of methoxy groups -OCH3 is 1. The van der Waals surface area contributed by atoms with Gasteiger partial charge in [-0.3, -0.25) is 0 Å². The summed E-state index contributed by atoms with van der Waals surface area (Å²) in [6.45, 7) is 0. The van der Waals surface area contributed by atoms with Gasteiger partial charge in [0, 0.05) is 6.07 Å². The Labute approximate surface area is 81.7 Å². The highest BCUT2D eigenvalue weighted by Gasteiger charge is 2.09. The molecule has 0 amide bonds. The van der Waals surface area contributed by atoms with Gasteiger partial charge in [-0.25, -0.2) is 0 Å². The molecular formula is C7H10N2O4S. The SMILES string of the molecule is COc1ccc(N)c(OS(N)(=O)=O)c1. The van der Waals surface area contributed by atoms with Crippen LogP contribution in [0, 0.1) is 0 Å². The number of anilines is 1. The van der Waals surface area contributed by atoms with Gasteiger partial charge >= 0.3 is 10.3 Å². The molecule has 0 aliphatic rings. The molecule has 6 nitrogen and oxygen atoms in total. The van der Waals surface area contributed by atoms with Crippen LogP contribution in [0.25, 0.3) is 0 Å². The Morgan fingerprint density at radius 2 is 2.00 bits per heavy atom. The minimum Gasteiger partial charge on any atom is -0.497 e. The highest BCUT2D eigenvalue weighted by Crippen LogP contribution is 2.27.